The predicted octanol–water partition coefficient (Wildman–Crippen LogP) is 5.72. The number of benzene rings is 2. The molecule has 0 amide bonds. The van der Waals surface area contributed by atoms with E-state index in [0.29, 0.717) is 21.3 Å². The topological polar surface area (TPSA) is 34.9 Å². The molecule has 1 aromatic heterocycles. The van der Waals surface area contributed by atoms with Gasteiger partial charge in [-0.25, -0.2) is 4.98 Å². The Balaban J connectivity index is 2.12. The van der Waals surface area contributed by atoms with Gasteiger partial charge >= 0.3 is 0 Å². The number of carbonyl (C=O) groups excluding carboxylic acids is 1. The minimum atomic E-state index is -0.255. The van der Waals surface area contributed by atoms with Crippen molar-refractivity contribution in [2.75, 3.05) is 0 Å². The van der Waals surface area contributed by atoms with E-state index in [0.717, 1.165) is 5.56 Å². The lowest BCUT2D eigenvalue weighted by Gasteiger charge is -2.10. The van der Waals surface area contributed by atoms with E-state index in [1.165, 1.54) is 6.07 Å². The summed E-state index contributed by atoms with van der Waals surface area (Å²) in [6, 6.07) is 12.0. The van der Waals surface area contributed by atoms with E-state index in [-0.39, 0.29) is 10.8 Å². The van der Waals surface area contributed by atoms with Gasteiger partial charge in [0.2, 0.25) is 5.78 Å². The maximum absolute atomic E-state index is 13.0. The smallest absolute Gasteiger partial charge is 0.211 e. The number of aromatic nitrogens is 2. The fourth-order valence-corrected chi connectivity index (χ4v) is 2.89. The first-order chi connectivity index (χ1) is 11.6. The van der Waals surface area contributed by atoms with Crippen LogP contribution in [0.2, 0.25) is 15.1 Å². The Morgan fingerprint density at radius 2 is 1.83 bits per heavy atom. The van der Waals surface area contributed by atoms with Crippen LogP contribution in [-0.2, 0) is 0 Å². The van der Waals surface area contributed by atoms with Crippen LogP contribution < -0.4 is 0 Å². The molecule has 0 aliphatic carbocycles. The standard InChI is InChI=1S/C18H11Cl3N2O/c19-13-5-6-14(16(21)10-13)18(24)17(23-8-7-22-11-23)9-12-3-1-2-4-15(12)20/h1-11H/b17-9+. The van der Waals surface area contributed by atoms with Crippen LogP contribution in [-0.4, -0.2) is 15.3 Å². The zero-order valence-electron chi connectivity index (χ0n) is 12.3. The summed E-state index contributed by atoms with van der Waals surface area (Å²) in [7, 11) is 0. The fraction of sp³-hybridized carbons (Fsp3) is 0. The van der Waals surface area contributed by atoms with Crippen molar-refractivity contribution < 1.29 is 4.79 Å². The number of rotatable bonds is 4. The van der Waals surface area contributed by atoms with Crippen molar-refractivity contribution in [2.24, 2.45) is 0 Å². The van der Waals surface area contributed by atoms with Gasteiger partial charge in [-0.3, -0.25) is 4.79 Å². The molecule has 0 aliphatic rings. The summed E-state index contributed by atoms with van der Waals surface area (Å²) < 4.78 is 1.62. The zero-order valence-corrected chi connectivity index (χ0v) is 14.6. The molecular formula is C18H11Cl3N2O. The lowest BCUT2D eigenvalue weighted by Crippen LogP contribution is -2.09. The Morgan fingerprint density at radius 1 is 1.04 bits per heavy atom. The number of hydrogen-bond acceptors (Lipinski definition) is 2. The van der Waals surface area contributed by atoms with E-state index in [2.05, 4.69) is 4.98 Å². The highest BCUT2D eigenvalue weighted by atomic mass is 35.5. The molecule has 0 bridgehead atoms. The van der Waals surface area contributed by atoms with E-state index in [1.54, 1.807) is 47.6 Å². The average molecular weight is 378 g/mol. The third kappa shape index (κ3) is 3.54. The second kappa shape index (κ2) is 7.22. The first-order valence-electron chi connectivity index (χ1n) is 7.00. The van der Waals surface area contributed by atoms with E-state index >= 15 is 0 Å². The number of allylic oxidation sites excluding steroid dienone is 1. The van der Waals surface area contributed by atoms with Crippen LogP contribution in [0.4, 0.5) is 0 Å². The molecule has 6 heteroatoms. The molecule has 0 spiro atoms. The molecule has 0 unspecified atom stereocenters. The third-order valence-corrected chi connectivity index (χ3v) is 4.28. The van der Waals surface area contributed by atoms with Gasteiger partial charge in [0, 0.05) is 28.0 Å². The average Bonchev–Trinajstić information content (AvgIpc) is 3.08. The minimum absolute atomic E-state index is 0.255. The summed E-state index contributed by atoms with van der Waals surface area (Å²) in [5.74, 6) is -0.255. The first-order valence-corrected chi connectivity index (χ1v) is 8.14. The molecule has 3 nitrogen and oxygen atoms in total. The van der Waals surface area contributed by atoms with Crippen LogP contribution in [0.25, 0.3) is 11.8 Å². The van der Waals surface area contributed by atoms with Crippen molar-refractivity contribution in [3.8, 4) is 0 Å². The zero-order chi connectivity index (χ0) is 17.1. The molecule has 0 saturated heterocycles. The second-order valence-corrected chi connectivity index (χ2v) is 6.23. The molecule has 0 aliphatic heterocycles. The van der Waals surface area contributed by atoms with Gasteiger partial charge in [-0.05, 0) is 35.9 Å². The van der Waals surface area contributed by atoms with Crippen molar-refractivity contribution >= 4 is 52.4 Å². The maximum Gasteiger partial charge on any atom is 0.211 e. The normalized spacial score (nSPS) is 11.5. The lowest BCUT2D eigenvalue weighted by molar-refractivity contribution is 0.105. The number of carbonyl (C=O) groups is 1. The van der Waals surface area contributed by atoms with Crippen LogP contribution in [0.1, 0.15) is 15.9 Å². The quantitative estimate of drug-likeness (QED) is 0.430. The Bertz CT molecular complexity index is 918. The summed E-state index contributed by atoms with van der Waals surface area (Å²) in [5.41, 5.74) is 1.46. The highest BCUT2D eigenvalue weighted by Gasteiger charge is 2.18. The summed E-state index contributed by atoms with van der Waals surface area (Å²) >= 11 is 18.3. The molecule has 0 N–H and O–H groups in total. The Hall–Kier alpha value is -2.07. The molecule has 0 atom stereocenters. The number of ketones is 1. The molecule has 0 radical (unpaired) electrons. The van der Waals surface area contributed by atoms with Crippen molar-refractivity contribution in [3.63, 3.8) is 0 Å². The van der Waals surface area contributed by atoms with E-state index in [4.69, 9.17) is 34.8 Å². The van der Waals surface area contributed by atoms with Crippen LogP contribution in [0.15, 0.2) is 61.2 Å². The fourth-order valence-electron chi connectivity index (χ4n) is 2.21. The predicted molar refractivity (Wildman–Crippen MR) is 98.6 cm³/mol. The van der Waals surface area contributed by atoms with Crippen LogP contribution in [0, 0.1) is 0 Å². The van der Waals surface area contributed by atoms with Crippen molar-refractivity contribution in [3.05, 3.63) is 87.4 Å². The van der Waals surface area contributed by atoms with E-state index in [9.17, 15) is 4.79 Å². The summed E-state index contributed by atoms with van der Waals surface area (Å²) in [6.45, 7) is 0. The molecule has 120 valence electrons. The van der Waals surface area contributed by atoms with Gasteiger partial charge in [-0.2, -0.15) is 0 Å². The second-order valence-electron chi connectivity index (χ2n) is 4.97. The molecule has 3 aromatic rings. The molecular weight excluding hydrogens is 367 g/mol. The molecule has 1 heterocycles. The molecule has 24 heavy (non-hydrogen) atoms. The summed E-state index contributed by atoms with van der Waals surface area (Å²) in [6.07, 6.45) is 6.53. The number of halogens is 3. The van der Waals surface area contributed by atoms with Gasteiger partial charge in [0.15, 0.2) is 0 Å². The van der Waals surface area contributed by atoms with Gasteiger partial charge in [0.05, 0.1) is 17.0 Å². The third-order valence-electron chi connectivity index (χ3n) is 3.39. The Kier molecular flexibility index (Phi) is 5.05. The number of Topliss-reactive ketones (excluding diaryl/α,β-unsaturated/α-hetero) is 1. The largest absolute Gasteiger partial charge is 0.303 e. The Morgan fingerprint density at radius 3 is 2.50 bits per heavy atom. The van der Waals surface area contributed by atoms with Crippen molar-refractivity contribution in [1.82, 2.24) is 9.55 Å². The Labute approximate surface area is 154 Å². The van der Waals surface area contributed by atoms with Crippen LogP contribution in [0.5, 0.6) is 0 Å². The number of nitrogens with zero attached hydrogens (tertiary/aromatic N) is 2. The van der Waals surface area contributed by atoms with Gasteiger partial charge in [-0.1, -0.05) is 53.0 Å². The van der Waals surface area contributed by atoms with Gasteiger partial charge in [0.25, 0.3) is 0 Å². The molecule has 0 fully saturated rings. The highest BCUT2D eigenvalue weighted by Crippen LogP contribution is 2.27. The molecule has 2 aromatic carbocycles. The number of imidazole rings is 1. The van der Waals surface area contributed by atoms with Crippen molar-refractivity contribution in [2.45, 2.75) is 0 Å². The summed E-state index contributed by atoms with van der Waals surface area (Å²) in [4.78, 5) is 17.0. The van der Waals surface area contributed by atoms with Crippen LogP contribution in [0.3, 0.4) is 0 Å². The summed E-state index contributed by atoms with van der Waals surface area (Å²) in [5, 5.41) is 1.30. The van der Waals surface area contributed by atoms with Gasteiger partial charge < -0.3 is 4.57 Å². The first kappa shape index (κ1) is 16.8. The minimum Gasteiger partial charge on any atom is -0.303 e. The maximum atomic E-state index is 13.0. The van der Waals surface area contributed by atoms with Crippen LogP contribution >= 0.6 is 34.8 Å². The SMILES string of the molecule is O=C(/C(=C\c1ccccc1Cl)n1ccnc1)c1ccc(Cl)cc1Cl. The highest BCUT2D eigenvalue weighted by molar-refractivity contribution is 6.40. The van der Waals surface area contributed by atoms with E-state index in [1.807, 2.05) is 18.2 Å². The van der Waals surface area contributed by atoms with Crippen molar-refractivity contribution in [1.29, 1.82) is 0 Å². The molecule has 0 saturated carbocycles. The van der Waals surface area contributed by atoms with E-state index < -0.39 is 0 Å². The molecule has 3 rings (SSSR count). The lowest BCUT2D eigenvalue weighted by atomic mass is 10.1. The monoisotopic (exact) mass is 376 g/mol. The van der Waals surface area contributed by atoms with Gasteiger partial charge in [-0.15, -0.1) is 0 Å². The van der Waals surface area contributed by atoms with Gasteiger partial charge in [0.1, 0.15) is 0 Å². The number of hydrogen-bond donors (Lipinski definition) is 0.